The summed E-state index contributed by atoms with van der Waals surface area (Å²) in [7, 11) is 0. The Bertz CT molecular complexity index is 510. The van der Waals surface area contributed by atoms with Crippen LogP contribution in [0, 0.1) is 17.6 Å². The number of hydrogen-bond donors (Lipinski definition) is 1. The second-order valence-electron chi connectivity index (χ2n) is 5.31. The van der Waals surface area contributed by atoms with Crippen molar-refractivity contribution in [3.05, 3.63) is 29.8 Å². The number of piperidine rings is 1. The van der Waals surface area contributed by atoms with Crippen LogP contribution in [0.25, 0.3) is 0 Å². The monoisotopic (exact) mass is 299 g/mol. The molecular weight excluding hydrogens is 280 g/mol. The van der Waals surface area contributed by atoms with Crippen molar-refractivity contribution in [1.29, 1.82) is 0 Å². The molecule has 0 aliphatic carbocycles. The lowest BCUT2D eigenvalue weighted by Crippen LogP contribution is -2.46. The largest absolute Gasteiger partial charge is 0.481 e. The topological polar surface area (TPSA) is 49.8 Å². The highest BCUT2D eigenvalue weighted by molar-refractivity contribution is 5.81. The number of ether oxygens (including phenoxy) is 1. The van der Waals surface area contributed by atoms with Crippen molar-refractivity contribution < 1.29 is 23.4 Å². The number of amides is 1. The number of rotatable bonds is 4. The van der Waals surface area contributed by atoms with Gasteiger partial charge in [0, 0.05) is 25.8 Å². The van der Waals surface area contributed by atoms with Crippen LogP contribution < -0.4 is 4.74 Å². The highest BCUT2D eigenvalue weighted by atomic mass is 19.2. The average Bonchev–Trinajstić information content (AvgIpc) is 2.50. The molecule has 0 bridgehead atoms. The molecule has 116 valence electrons. The van der Waals surface area contributed by atoms with E-state index >= 15 is 0 Å². The lowest BCUT2D eigenvalue weighted by atomic mass is 9.99. The molecule has 0 radical (unpaired) electrons. The number of nitrogens with zero attached hydrogens (tertiary/aromatic N) is 1. The van der Waals surface area contributed by atoms with Gasteiger partial charge in [-0.3, -0.25) is 4.79 Å². The first-order valence-electron chi connectivity index (χ1n) is 7.02. The smallest absolute Gasteiger partial charge is 0.263 e. The standard InChI is InChI=1S/C15H19F2NO3/c1-10(21-12-4-5-13(16)14(17)7-12)15(20)18-6-2-3-11(8-18)9-19/h4-5,7,10-11,19H,2-3,6,8-9H2,1H3. The van der Waals surface area contributed by atoms with E-state index in [0.717, 1.165) is 25.0 Å². The number of likely N-dealkylation sites (tertiary alicyclic amines) is 1. The molecule has 1 N–H and O–H groups in total. The van der Waals surface area contributed by atoms with Gasteiger partial charge in [-0.15, -0.1) is 0 Å². The van der Waals surface area contributed by atoms with Crippen LogP contribution in [0.5, 0.6) is 5.75 Å². The van der Waals surface area contributed by atoms with E-state index in [1.807, 2.05) is 0 Å². The van der Waals surface area contributed by atoms with Gasteiger partial charge in [0.25, 0.3) is 5.91 Å². The summed E-state index contributed by atoms with van der Waals surface area (Å²) in [6, 6.07) is 3.17. The first kappa shape index (κ1) is 15.7. The van der Waals surface area contributed by atoms with E-state index in [9.17, 15) is 18.7 Å². The first-order chi connectivity index (χ1) is 10.0. The van der Waals surface area contributed by atoms with Gasteiger partial charge in [0.2, 0.25) is 0 Å². The van der Waals surface area contributed by atoms with Crippen LogP contribution in [0.1, 0.15) is 19.8 Å². The van der Waals surface area contributed by atoms with E-state index in [2.05, 4.69) is 0 Å². The van der Waals surface area contributed by atoms with E-state index in [1.165, 1.54) is 6.07 Å². The molecule has 0 spiro atoms. The van der Waals surface area contributed by atoms with Crippen LogP contribution in [0.2, 0.25) is 0 Å². The number of aliphatic hydroxyl groups is 1. The summed E-state index contributed by atoms with van der Waals surface area (Å²) < 4.78 is 31.3. The van der Waals surface area contributed by atoms with Gasteiger partial charge >= 0.3 is 0 Å². The zero-order valence-corrected chi connectivity index (χ0v) is 11.9. The number of aliphatic hydroxyl groups excluding tert-OH is 1. The van der Waals surface area contributed by atoms with Crippen LogP contribution >= 0.6 is 0 Å². The van der Waals surface area contributed by atoms with Crippen LogP contribution in [-0.2, 0) is 4.79 Å². The summed E-state index contributed by atoms with van der Waals surface area (Å²) in [5, 5.41) is 9.17. The predicted octanol–water partition coefficient (Wildman–Crippen LogP) is 1.96. The summed E-state index contributed by atoms with van der Waals surface area (Å²) >= 11 is 0. The zero-order chi connectivity index (χ0) is 15.4. The molecule has 6 heteroatoms. The van der Waals surface area contributed by atoms with Gasteiger partial charge in [0.15, 0.2) is 17.7 Å². The Morgan fingerprint density at radius 2 is 2.24 bits per heavy atom. The maximum atomic E-state index is 13.1. The lowest BCUT2D eigenvalue weighted by Gasteiger charge is -2.33. The van der Waals surface area contributed by atoms with Crippen LogP contribution in [-0.4, -0.2) is 41.7 Å². The molecule has 1 fully saturated rings. The minimum atomic E-state index is -1.01. The summed E-state index contributed by atoms with van der Waals surface area (Å²) in [5.41, 5.74) is 0. The highest BCUT2D eigenvalue weighted by Gasteiger charge is 2.27. The van der Waals surface area contributed by atoms with Gasteiger partial charge in [-0.05, 0) is 37.8 Å². The molecule has 0 aromatic heterocycles. The highest BCUT2D eigenvalue weighted by Crippen LogP contribution is 2.20. The van der Waals surface area contributed by atoms with Crippen LogP contribution in [0.4, 0.5) is 8.78 Å². The van der Waals surface area contributed by atoms with Crippen molar-refractivity contribution in [2.45, 2.75) is 25.9 Å². The fourth-order valence-electron chi connectivity index (χ4n) is 2.48. The van der Waals surface area contributed by atoms with Gasteiger partial charge in [-0.2, -0.15) is 0 Å². The van der Waals surface area contributed by atoms with E-state index in [4.69, 9.17) is 4.74 Å². The number of carbonyl (C=O) groups excluding carboxylic acids is 1. The normalized spacial score (nSPS) is 20.2. The Labute approximate surface area is 122 Å². The second-order valence-corrected chi connectivity index (χ2v) is 5.31. The second kappa shape index (κ2) is 6.85. The summed E-state index contributed by atoms with van der Waals surface area (Å²) in [4.78, 5) is 13.9. The van der Waals surface area contributed by atoms with E-state index in [1.54, 1.807) is 11.8 Å². The van der Waals surface area contributed by atoms with Crippen molar-refractivity contribution >= 4 is 5.91 Å². The Morgan fingerprint density at radius 3 is 2.90 bits per heavy atom. The summed E-state index contributed by atoms with van der Waals surface area (Å²) in [5.74, 6) is -1.96. The van der Waals surface area contributed by atoms with Gasteiger partial charge in [-0.25, -0.2) is 8.78 Å². The predicted molar refractivity (Wildman–Crippen MR) is 72.8 cm³/mol. The van der Waals surface area contributed by atoms with E-state index in [-0.39, 0.29) is 24.2 Å². The quantitative estimate of drug-likeness (QED) is 0.924. The van der Waals surface area contributed by atoms with E-state index < -0.39 is 17.7 Å². The molecule has 1 aromatic carbocycles. The maximum absolute atomic E-state index is 13.1. The van der Waals surface area contributed by atoms with Crippen molar-refractivity contribution in [3.8, 4) is 5.75 Å². The third kappa shape index (κ3) is 3.91. The van der Waals surface area contributed by atoms with Crippen molar-refractivity contribution in [3.63, 3.8) is 0 Å². The van der Waals surface area contributed by atoms with E-state index in [0.29, 0.717) is 13.1 Å². The van der Waals surface area contributed by atoms with Gasteiger partial charge in [0.05, 0.1) is 0 Å². The molecule has 2 unspecified atom stereocenters. The molecule has 2 rings (SSSR count). The molecule has 4 nitrogen and oxygen atoms in total. The summed E-state index contributed by atoms with van der Waals surface area (Å²) in [6.07, 6.45) is 0.959. The van der Waals surface area contributed by atoms with Crippen molar-refractivity contribution in [1.82, 2.24) is 4.90 Å². The molecule has 1 amide bonds. The molecule has 2 atom stereocenters. The molecule has 1 aromatic rings. The molecule has 1 saturated heterocycles. The Kier molecular flexibility index (Phi) is 5.12. The summed E-state index contributed by atoms with van der Waals surface area (Å²) in [6.45, 7) is 2.76. The van der Waals surface area contributed by atoms with Crippen molar-refractivity contribution in [2.24, 2.45) is 5.92 Å². The molecule has 1 heterocycles. The molecule has 1 aliphatic rings. The average molecular weight is 299 g/mol. The number of benzene rings is 1. The Morgan fingerprint density at radius 1 is 1.48 bits per heavy atom. The third-order valence-corrected chi connectivity index (χ3v) is 3.64. The molecule has 1 aliphatic heterocycles. The van der Waals surface area contributed by atoms with Gasteiger partial charge < -0.3 is 14.7 Å². The zero-order valence-electron chi connectivity index (χ0n) is 11.9. The third-order valence-electron chi connectivity index (χ3n) is 3.64. The fourth-order valence-corrected chi connectivity index (χ4v) is 2.48. The number of hydrogen-bond acceptors (Lipinski definition) is 3. The lowest BCUT2D eigenvalue weighted by molar-refractivity contribution is -0.140. The molecule has 21 heavy (non-hydrogen) atoms. The molecule has 0 saturated carbocycles. The van der Waals surface area contributed by atoms with Crippen LogP contribution in [0.15, 0.2) is 18.2 Å². The van der Waals surface area contributed by atoms with Gasteiger partial charge in [-0.1, -0.05) is 0 Å². The number of halogens is 2. The molecular formula is C15H19F2NO3. The minimum Gasteiger partial charge on any atom is -0.481 e. The SMILES string of the molecule is CC(Oc1ccc(F)c(F)c1)C(=O)N1CCCC(CO)C1. The first-order valence-corrected chi connectivity index (χ1v) is 7.02. The Balaban J connectivity index is 1.97. The fraction of sp³-hybridized carbons (Fsp3) is 0.533. The van der Waals surface area contributed by atoms with Gasteiger partial charge in [0.1, 0.15) is 5.75 Å². The minimum absolute atomic E-state index is 0.0577. The maximum Gasteiger partial charge on any atom is 0.263 e. The van der Waals surface area contributed by atoms with Crippen molar-refractivity contribution in [2.75, 3.05) is 19.7 Å². The van der Waals surface area contributed by atoms with Crippen LogP contribution in [0.3, 0.4) is 0 Å². The number of carbonyl (C=O) groups is 1. The Hall–Kier alpha value is -1.69.